The summed E-state index contributed by atoms with van der Waals surface area (Å²) >= 11 is 1.40. The molecule has 0 fully saturated rings. The number of carbonyl (C=O) groups is 1. The van der Waals surface area contributed by atoms with Gasteiger partial charge in [-0.15, -0.1) is 0 Å². The summed E-state index contributed by atoms with van der Waals surface area (Å²) in [6.45, 7) is 4.08. The third-order valence-electron chi connectivity index (χ3n) is 3.39. The van der Waals surface area contributed by atoms with E-state index in [1.54, 1.807) is 24.5 Å². The molecule has 0 spiro atoms. The van der Waals surface area contributed by atoms with Gasteiger partial charge < -0.3 is 5.32 Å². The molecular formula is C17H18N6OS. The number of aromatic amines is 1. The Bertz CT molecular complexity index is 832. The molecule has 2 aromatic heterocycles. The first-order chi connectivity index (χ1) is 12.1. The van der Waals surface area contributed by atoms with E-state index >= 15 is 0 Å². The van der Waals surface area contributed by atoms with Crippen molar-refractivity contribution in [2.75, 3.05) is 10.0 Å². The minimum atomic E-state index is -0.237. The molecule has 3 N–H and O–H groups in total. The number of nitrogens with zero attached hydrogens (tertiary/aromatic N) is 3. The molecule has 128 valence electrons. The molecule has 3 rings (SSSR count). The van der Waals surface area contributed by atoms with E-state index < -0.39 is 0 Å². The van der Waals surface area contributed by atoms with Gasteiger partial charge in [-0.25, -0.2) is 9.97 Å². The maximum atomic E-state index is 12.2. The lowest BCUT2D eigenvalue weighted by atomic mass is 10.1. The molecule has 0 bridgehead atoms. The first-order valence-corrected chi connectivity index (χ1v) is 8.60. The average Bonchev–Trinajstić information content (AvgIpc) is 3.13. The Balaban J connectivity index is 1.57. The molecule has 0 aliphatic carbocycles. The first-order valence-electron chi connectivity index (χ1n) is 7.78. The standard InChI is InChI=1S/C17H18N6OS/c1-11(2)14-10-15(22-21-14)16(24)20-12-4-6-13(7-5-12)25-23-17-18-8-3-9-19-17/h3-11H,1-2H3,(H,20,24)(H,21,22)(H,18,19,23). The Morgan fingerprint density at radius 3 is 2.52 bits per heavy atom. The number of hydrogen-bond donors (Lipinski definition) is 3. The van der Waals surface area contributed by atoms with Gasteiger partial charge in [-0.1, -0.05) is 13.8 Å². The van der Waals surface area contributed by atoms with Gasteiger partial charge in [0.2, 0.25) is 5.95 Å². The van der Waals surface area contributed by atoms with Gasteiger partial charge in [0, 0.05) is 28.7 Å². The van der Waals surface area contributed by atoms with E-state index in [0.717, 1.165) is 10.6 Å². The van der Waals surface area contributed by atoms with Gasteiger partial charge in [0.25, 0.3) is 5.91 Å². The van der Waals surface area contributed by atoms with Crippen LogP contribution in [-0.4, -0.2) is 26.1 Å². The van der Waals surface area contributed by atoms with Crippen molar-refractivity contribution in [1.29, 1.82) is 0 Å². The minimum absolute atomic E-state index is 0.237. The first kappa shape index (κ1) is 17.0. The highest BCUT2D eigenvalue weighted by Gasteiger charge is 2.12. The second-order valence-corrected chi connectivity index (χ2v) is 6.50. The van der Waals surface area contributed by atoms with Crippen LogP contribution in [0.4, 0.5) is 11.6 Å². The van der Waals surface area contributed by atoms with Crippen LogP contribution in [0.15, 0.2) is 53.7 Å². The molecule has 0 aliphatic heterocycles. The second-order valence-electron chi connectivity index (χ2n) is 5.62. The summed E-state index contributed by atoms with van der Waals surface area (Å²) in [6, 6.07) is 11.0. The predicted molar refractivity (Wildman–Crippen MR) is 98.6 cm³/mol. The van der Waals surface area contributed by atoms with Crippen molar-refractivity contribution in [2.45, 2.75) is 24.7 Å². The fourth-order valence-electron chi connectivity index (χ4n) is 2.01. The fraction of sp³-hybridized carbons (Fsp3) is 0.176. The SMILES string of the molecule is CC(C)c1cc(C(=O)Nc2ccc(SNc3ncccn3)cc2)n[nH]1. The van der Waals surface area contributed by atoms with Crippen molar-refractivity contribution in [3.63, 3.8) is 0 Å². The molecule has 0 unspecified atom stereocenters. The van der Waals surface area contributed by atoms with Crippen LogP contribution in [0, 0.1) is 0 Å². The van der Waals surface area contributed by atoms with E-state index in [0.29, 0.717) is 23.2 Å². The molecular weight excluding hydrogens is 336 g/mol. The molecule has 0 atom stereocenters. The lowest BCUT2D eigenvalue weighted by molar-refractivity contribution is 0.102. The lowest BCUT2D eigenvalue weighted by Gasteiger charge is -2.06. The summed E-state index contributed by atoms with van der Waals surface area (Å²) in [6.07, 6.45) is 3.35. The van der Waals surface area contributed by atoms with Crippen molar-refractivity contribution in [1.82, 2.24) is 20.2 Å². The zero-order valence-electron chi connectivity index (χ0n) is 13.9. The van der Waals surface area contributed by atoms with Gasteiger partial charge in [-0.2, -0.15) is 5.10 Å². The summed E-state index contributed by atoms with van der Waals surface area (Å²) in [7, 11) is 0. The number of carbonyl (C=O) groups excluding carboxylic acids is 1. The van der Waals surface area contributed by atoms with Gasteiger partial charge in [0.05, 0.1) is 0 Å². The number of amides is 1. The Morgan fingerprint density at radius 2 is 1.88 bits per heavy atom. The van der Waals surface area contributed by atoms with Crippen LogP contribution in [0.5, 0.6) is 0 Å². The Morgan fingerprint density at radius 1 is 1.16 bits per heavy atom. The number of nitrogens with one attached hydrogen (secondary N) is 3. The number of H-pyrrole nitrogens is 1. The number of hydrogen-bond acceptors (Lipinski definition) is 6. The molecule has 8 heteroatoms. The molecule has 0 radical (unpaired) electrons. The number of anilines is 2. The summed E-state index contributed by atoms with van der Waals surface area (Å²) in [4.78, 5) is 21.4. The van der Waals surface area contributed by atoms with Gasteiger partial charge >= 0.3 is 0 Å². The number of benzene rings is 1. The van der Waals surface area contributed by atoms with Crippen molar-refractivity contribution in [3.8, 4) is 0 Å². The van der Waals surface area contributed by atoms with Crippen LogP contribution in [0.2, 0.25) is 0 Å². The maximum absolute atomic E-state index is 12.2. The molecule has 3 aromatic rings. The molecule has 1 aromatic carbocycles. The monoisotopic (exact) mass is 354 g/mol. The van der Waals surface area contributed by atoms with Gasteiger partial charge in [-0.3, -0.25) is 14.6 Å². The van der Waals surface area contributed by atoms with Crippen molar-refractivity contribution in [3.05, 3.63) is 60.2 Å². The van der Waals surface area contributed by atoms with Gasteiger partial charge in [-0.05, 0) is 54.3 Å². The maximum Gasteiger partial charge on any atom is 0.276 e. The normalized spacial score (nSPS) is 10.7. The fourth-order valence-corrected chi connectivity index (χ4v) is 2.59. The average molecular weight is 354 g/mol. The van der Waals surface area contributed by atoms with E-state index in [9.17, 15) is 4.79 Å². The molecule has 0 saturated carbocycles. The van der Waals surface area contributed by atoms with Gasteiger partial charge in [0.15, 0.2) is 5.69 Å². The third kappa shape index (κ3) is 4.57. The van der Waals surface area contributed by atoms with Crippen LogP contribution in [0.25, 0.3) is 0 Å². The highest BCUT2D eigenvalue weighted by molar-refractivity contribution is 8.00. The second kappa shape index (κ2) is 7.80. The third-order valence-corrected chi connectivity index (χ3v) is 4.18. The zero-order chi connectivity index (χ0) is 17.6. The quantitative estimate of drug-likeness (QED) is 0.584. The predicted octanol–water partition coefficient (Wildman–Crippen LogP) is 3.69. The Hall–Kier alpha value is -2.87. The van der Waals surface area contributed by atoms with Crippen LogP contribution in [0.3, 0.4) is 0 Å². The molecule has 2 heterocycles. The summed E-state index contributed by atoms with van der Waals surface area (Å²) < 4.78 is 3.05. The van der Waals surface area contributed by atoms with E-state index in [4.69, 9.17) is 0 Å². The Labute approximate surface area is 149 Å². The highest BCUT2D eigenvalue weighted by atomic mass is 32.2. The summed E-state index contributed by atoms with van der Waals surface area (Å²) in [5, 5.41) is 9.76. The lowest BCUT2D eigenvalue weighted by Crippen LogP contribution is -2.12. The Kier molecular flexibility index (Phi) is 5.30. The van der Waals surface area contributed by atoms with Gasteiger partial charge in [0.1, 0.15) is 0 Å². The minimum Gasteiger partial charge on any atom is -0.321 e. The van der Waals surface area contributed by atoms with Crippen LogP contribution in [0.1, 0.15) is 35.9 Å². The van der Waals surface area contributed by atoms with E-state index in [-0.39, 0.29) is 5.91 Å². The smallest absolute Gasteiger partial charge is 0.276 e. The molecule has 7 nitrogen and oxygen atoms in total. The van der Waals surface area contributed by atoms with E-state index in [2.05, 4.69) is 30.2 Å². The zero-order valence-corrected chi connectivity index (χ0v) is 14.7. The topological polar surface area (TPSA) is 95.6 Å². The summed E-state index contributed by atoms with van der Waals surface area (Å²) in [5.74, 6) is 0.607. The van der Waals surface area contributed by atoms with E-state index in [1.165, 1.54) is 11.9 Å². The molecule has 0 saturated heterocycles. The highest BCUT2D eigenvalue weighted by Crippen LogP contribution is 2.21. The van der Waals surface area contributed by atoms with Crippen LogP contribution >= 0.6 is 11.9 Å². The van der Waals surface area contributed by atoms with Crippen molar-refractivity contribution in [2.24, 2.45) is 0 Å². The van der Waals surface area contributed by atoms with Crippen molar-refractivity contribution >= 4 is 29.5 Å². The van der Waals surface area contributed by atoms with Crippen LogP contribution in [-0.2, 0) is 0 Å². The molecule has 0 aliphatic rings. The molecule has 25 heavy (non-hydrogen) atoms. The largest absolute Gasteiger partial charge is 0.321 e. The van der Waals surface area contributed by atoms with Crippen LogP contribution < -0.4 is 10.0 Å². The van der Waals surface area contributed by atoms with Crippen molar-refractivity contribution < 1.29 is 4.79 Å². The van der Waals surface area contributed by atoms with E-state index in [1.807, 2.05) is 38.1 Å². The number of rotatable bonds is 6. The molecule has 1 amide bonds. The number of aromatic nitrogens is 4. The summed E-state index contributed by atoms with van der Waals surface area (Å²) in [5.41, 5.74) is 2.02.